The topological polar surface area (TPSA) is 54.5 Å². The van der Waals surface area contributed by atoms with Crippen molar-refractivity contribution < 1.29 is 13.2 Å². The van der Waals surface area contributed by atoms with E-state index in [9.17, 15) is 13.2 Å². The highest BCUT2D eigenvalue weighted by molar-refractivity contribution is 7.92. The molecule has 0 saturated carbocycles. The van der Waals surface area contributed by atoms with Gasteiger partial charge >= 0.3 is 0 Å². The van der Waals surface area contributed by atoms with E-state index in [1.54, 1.807) is 4.90 Å². The first kappa shape index (κ1) is 16.0. The second-order valence-electron chi connectivity index (χ2n) is 5.66. The molecule has 0 bridgehead atoms. The normalized spacial score (nSPS) is 17.1. The monoisotopic (exact) mass is 349 g/mol. The zero-order valence-electron chi connectivity index (χ0n) is 12.6. The number of para-hydroxylation sites is 1. The number of hydrogen-bond acceptors (Lipinski definition) is 3. The van der Waals surface area contributed by atoms with Crippen LogP contribution in [-0.4, -0.2) is 26.1 Å². The maximum absolute atomic E-state index is 12.6. The molecule has 0 spiro atoms. The van der Waals surface area contributed by atoms with Gasteiger partial charge in [0, 0.05) is 16.8 Å². The molecule has 0 aromatic heterocycles. The number of amides is 1. The summed E-state index contributed by atoms with van der Waals surface area (Å²) in [5, 5.41) is 0.456. The summed E-state index contributed by atoms with van der Waals surface area (Å²) in [6.07, 6.45) is 0.739. The van der Waals surface area contributed by atoms with Gasteiger partial charge < -0.3 is 4.90 Å². The predicted octanol–water partition coefficient (Wildman–Crippen LogP) is 3.09. The zero-order chi connectivity index (χ0) is 16.6. The third kappa shape index (κ3) is 3.12. The Labute approximate surface area is 140 Å². The van der Waals surface area contributed by atoms with Crippen molar-refractivity contribution in [3.05, 3.63) is 59.1 Å². The van der Waals surface area contributed by atoms with E-state index < -0.39 is 21.5 Å². The summed E-state index contributed by atoms with van der Waals surface area (Å²) in [4.78, 5) is 14.3. The van der Waals surface area contributed by atoms with E-state index >= 15 is 0 Å². The van der Waals surface area contributed by atoms with Crippen LogP contribution in [0, 0.1) is 0 Å². The van der Waals surface area contributed by atoms with E-state index in [2.05, 4.69) is 0 Å². The first-order valence-corrected chi connectivity index (χ1v) is 9.30. The molecule has 6 heteroatoms. The second-order valence-corrected chi connectivity index (χ2v) is 8.08. The molecule has 1 aliphatic heterocycles. The smallest absolute Gasteiger partial charge is 0.242 e. The Morgan fingerprint density at radius 1 is 1.17 bits per heavy atom. The third-order valence-corrected chi connectivity index (χ3v) is 5.83. The molecule has 0 fully saturated rings. The molecule has 0 N–H and O–H groups in total. The molecule has 2 aromatic rings. The van der Waals surface area contributed by atoms with E-state index in [-0.39, 0.29) is 10.9 Å². The first-order valence-electron chi connectivity index (χ1n) is 7.27. The number of sulfone groups is 1. The van der Waals surface area contributed by atoms with Crippen molar-refractivity contribution >= 4 is 33.0 Å². The summed E-state index contributed by atoms with van der Waals surface area (Å²) < 4.78 is 24.9. The summed E-state index contributed by atoms with van der Waals surface area (Å²) in [6.45, 7) is 1.92. The maximum atomic E-state index is 12.6. The van der Waals surface area contributed by atoms with Crippen LogP contribution >= 0.6 is 11.6 Å². The molecule has 0 radical (unpaired) electrons. The van der Waals surface area contributed by atoms with Gasteiger partial charge in [-0.2, -0.15) is 0 Å². The van der Waals surface area contributed by atoms with Crippen LogP contribution in [0.15, 0.2) is 53.4 Å². The average Bonchev–Trinajstić information content (AvgIpc) is 2.83. The maximum Gasteiger partial charge on any atom is 0.242 e. The lowest BCUT2D eigenvalue weighted by atomic mass is 10.1. The summed E-state index contributed by atoms with van der Waals surface area (Å²) >= 11 is 5.78. The minimum atomic E-state index is -3.69. The summed E-state index contributed by atoms with van der Waals surface area (Å²) in [6, 6.07) is 13.4. The van der Waals surface area contributed by atoms with Crippen LogP contribution in [0.25, 0.3) is 0 Å². The molecule has 1 amide bonds. The van der Waals surface area contributed by atoms with Gasteiger partial charge in [-0.05, 0) is 49.2 Å². The van der Waals surface area contributed by atoms with Crippen molar-refractivity contribution in [3.8, 4) is 0 Å². The Kier molecular flexibility index (Phi) is 4.17. The van der Waals surface area contributed by atoms with Gasteiger partial charge in [-0.25, -0.2) is 8.42 Å². The number of rotatable bonds is 3. The fourth-order valence-electron chi connectivity index (χ4n) is 2.90. The van der Waals surface area contributed by atoms with Gasteiger partial charge in [0.25, 0.3) is 0 Å². The lowest BCUT2D eigenvalue weighted by Crippen LogP contribution is -2.39. The van der Waals surface area contributed by atoms with Crippen LogP contribution in [-0.2, 0) is 21.1 Å². The van der Waals surface area contributed by atoms with Gasteiger partial charge in [0.05, 0.1) is 4.90 Å². The van der Waals surface area contributed by atoms with Gasteiger partial charge in [-0.1, -0.05) is 29.8 Å². The number of carbonyl (C=O) groups excluding carboxylic acids is 1. The van der Waals surface area contributed by atoms with Crippen LogP contribution in [0.3, 0.4) is 0 Å². The standard InChI is InChI=1S/C17H16ClNO3S/c1-12-10-13-4-2-3-5-16(13)19(12)17(20)11-23(21,22)15-8-6-14(18)7-9-15/h2-9,12H,10-11H2,1H3/t12-/m1/s1. The summed E-state index contributed by atoms with van der Waals surface area (Å²) in [5.41, 5.74) is 1.87. The lowest BCUT2D eigenvalue weighted by Gasteiger charge is -2.22. The minimum Gasteiger partial charge on any atom is -0.308 e. The van der Waals surface area contributed by atoms with E-state index in [0.717, 1.165) is 17.7 Å². The molecule has 0 aliphatic carbocycles. The number of anilines is 1. The van der Waals surface area contributed by atoms with Crippen molar-refractivity contribution in [2.24, 2.45) is 0 Å². The fraction of sp³-hybridized carbons (Fsp3) is 0.235. The Morgan fingerprint density at radius 2 is 1.83 bits per heavy atom. The third-order valence-electron chi connectivity index (χ3n) is 3.96. The van der Waals surface area contributed by atoms with Crippen LogP contribution in [0.1, 0.15) is 12.5 Å². The van der Waals surface area contributed by atoms with Gasteiger partial charge in [-0.15, -0.1) is 0 Å². The highest BCUT2D eigenvalue weighted by Crippen LogP contribution is 2.32. The van der Waals surface area contributed by atoms with E-state index in [4.69, 9.17) is 11.6 Å². The van der Waals surface area contributed by atoms with Crippen molar-refractivity contribution in [2.45, 2.75) is 24.3 Å². The molecule has 23 heavy (non-hydrogen) atoms. The molecule has 0 saturated heterocycles. The molecule has 3 rings (SSSR count). The number of halogens is 1. The number of nitrogens with zero attached hydrogens (tertiary/aromatic N) is 1. The minimum absolute atomic E-state index is 0.0414. The lowest BCUT2D eigenvalue weighted by molar-refractivity contribution is -0.116. The Bertz CT molecular complexity index is 846. The Balaban J connectivity index is 1.86. The van der Waals surface area contributed by atoms with Crippen molar-refractivity contribution in [1.29, 1.82) is 0 Å². The van der Waals surface area contributed by atoms with E-state index in [1.807, 2.05) is 31.2 Å². The molecular weight excluding hydrogens is 334 g/mol. The highest BCUT2D eigenvalue weighted by atomic mass is 35.5. The molecule has 120 valence electrons. The second kappa shape index (κ2) is 5.98. The Hall–Kier alpha value is -1.85. The molecule has 4 nitrogen and oxygen atoms in total. The predicted molar refractivity (Wildman–Crippen MR) is 90.6 cm³/mol. The summed E-state index contributed by atoms with van der Waals surface area (Å²) in [5.74, 6) is -0.953. The molecule has 1 atom stereocenters. The van der Waals surface area contributed by atoms with Crippen LogP contribution < -0.4 is 4.90 Å². The molecule has 1 heterocycles. The molecule has 1 aliphatic rings. The number of benzene rings is 2. The van der Waals surface area contributed by atoms with Gasteiger partial charge in [0.15, 0.2) is 9.84 Å². The average molecular weight is 350 g/mol. The van der Waals surface area contributed by atoms with Crippen LogP contribution in [0.2, 0.25) is 5.02 Å². The van der Waals surface area contributed by atoms with Crippen LogP contribution in [0.4, 0.5) is 5.69 Å². The van der Waals surface area contributed by atoms with Crippen molar-refractivity contribution in [3.63, 3.8) is 0 Å². The zero-order valence-corrected chi connectivity index (χ0v) is 14.1. The van der Waals surface area contributed by atoms with Crippen molar-refractivity contribution in [2.75, 3.05) is 10.7 Å². The SMILES string of the molecule is C[C@@H]1Cc2ccccc2N1C(=O)CS(=O)(=O)c1ccc(Cl)cc1. The quantitative estimate of drug-likeness (QED) is 0.855. The summed E-state index contributed by atoms with van der Waals surface area (Å²) in [7, 11) is -3.69. The molecule has 2 aromatic carbocycles. The largest absolute Gasteiger partial charge is 0.308 e. The van der Waals surface area contributed by atoms with E-state index in [0.29, 0.717) is 5.02 Å². The molecular formula is C17H16ClNO3S. The van der Waals surface area contributed by atoms with Crippen molar-refractivity contribution in [1.82, 2.24) is 0 Å². The highest BCUT2D eigenvalue weighted by Gasteiger charge is 2.33. The van der Waals surface area contributed by atoms with Crippen LogP contribution in [0.5, 0.6) is 0 Å². The fourth-order valence-corrected chi connectivity index (χ4v) is 4.21. The van der Waals surface area contributed by atoms with Gasteiger partial charge in [0.1, 0.15) is 5.75 Å². The molecule has 0 unspecified atom stereocenters. The van der Waals surface area contributed by atoms with Gasteiger partial charge in [0.2, 0.25) is 5.91 Å². The number of carbonyl (C=O) groups is 1. The first-order chi connectivity index (χ1) is 10.9. The number of hydrogen-bond donors (Lipinski definition) is 0. The Morgan fingerprint density at radius 3 is 2.52 bits per heavy atom. The van der Waals surface area contributed by atoms with Gasteiger partial charge in [-0.3, -0.25) is 4.79 Å². The number of fused-ring (bicyclic) bond motifs is 1. The van der Waals surface area contributed by atoms with E-state index in [1.165, 1.54) is 24.3 Å².